The van der Waals surface area contributed by atoms with Gasteiger partial charge in [-0.05, 0) is 26.3 Å². The van der Waals surface area contributed by atoms with Crippen molar-refractivity contribution in [3.05, 3.63) is 0 Å². The monoisotopic (exact) mass is 188 g/mol. The van der Waals surface area contributed by atoms with Crippen LogP contribution < -0.4 is 5.73 Å². The van der Waals surface area contributed by atoms with Crippen LogP contribution in [0.25, 0.3) is 0 Å². The molecule has 0 unspecified atom stereocenters. The molecule has 13 heavy (non-hydrogen) atoms. The number of likely N-dealkylation sites (N-methyl/N-ethyl adjacent to an activating group) is 1. The van der Waals surface area contributed by atoms with Crippen LogP contribution in [-0.2, 0) is 0 Å². The molecule has 2 nitrogen and oxygen atoms in total. The number of hydrogen-bond acceptors (Lipinski definition) is 2. The van der Waals surface area contributed by atoms with Gasteiger partial charge in [0.1, 0.15) is 0 Å². The second-order valence-electron chi connectivity index (χ2n) is 4.10. The summed E-state index contributed by atoms with van der Waals surface area (Å²) in [6, 6.07) is 0. The van der Waals surface area contributed by atoms with Crippen LogP contribution >= 0.6 is 0 Å². The molecule has 0 amide bonds. The lowest BCUT2D eigenvalue weighted by Crippen LogP contribution is -2.50. The van der Waals surface area contributed by atoms with Crippen molar-refractivity contribution in [1.82, 2.24) is 4.90 Å². The molecular weight excluding hydrogens is 167 g/mol. The van der Waals surface area contributed by atoms with Crippen LogP contribution in [0.15, 0.2) is 0 Å². The highest BCUT2D eigenvalue weighted by Crippen LogP contribution is 2.33. The summed E-state index contributed by atoms with van der Waals surface area (Å²) in [5, 5.41) is 0. The third-order valence-electron chi connectivity index (χ3n) is 3.35. The van der Waals surface area contributed by atoms with Crippen LogP contribution in [0.4, 0.5) is 4.39 Å². The Morgan fingerprint density at radius 1 is 1.38 bits per heavy atom. The molecule has 3 heteroatoms. The maximum Gasteiger partial charge on any atom is 0.0906 e. The fraction of sp³-hybridized carbons (Fsp3) is 1.00. The molecule has 0 bridgehead atoms. The Hall–Kier alpha value is -0.150. The SMILES string of the molecule is CN(CCCF)C1(CN)CCCC1. The maximum absolute atomic E-state index is 12.0. The highest BCUT2D eigenvalue weighted by Gasteiger charge is 2.35. The first-order valence-corrected chi connectivity index (χ1v) is 5.22. The molecule has 0 saturated heterocycles. The van der Waals surface area contributed by atoms with E-state index in [2.05, 4.69) is 11.9 Å². The van der Waals surface area contributed by atoms with Gasteiger partial charge in [0.05, 0.1) is 6.67 Å². The zero-order valence-corrected chi connectivity index (χ0v) is 8.56. The standard InChI is InChI=1S/C10H21FN2/c1-13(8-4-7-11)10(9-12)5-2-3-6-10/h2-9,12H2,1H3. The average molecular weight is 188 g/mol. The average Bonchev–Trinajstić information content (AvgIpc) is 2.63. The predicted octanol–water partition coefficient (Wildman–Crippen LogP) is 1.55. The fourth-order valence-electron chi connectivity index (χ4n) is 2.31. The minimum absolute atomic E-state index is 0.190. The second-order valence-corrected chi connectivity index (χ2v) is 4.10. The van der Waals surface area contributed by atoms with E-state index in [0.29, 0.717) is 6.42 Å². The van der Waals surface area contributed by atoms with Crippen molar-refractivity contribution >= 4 is 0 Å². The molecular formula is C10H21FN2. The lowest BCUT2D eigenvalue weighted by atomic mass is 9.95. The van der Waals surface area contributed by atoms with E-state index in [-0.39, 0.29) is 12.2 Å². The first-order valence-electron chi connectivity index (χ1n) is 5.22. The Morgan fingerprint density at radius 2 is 2.00 bits per heavy atom. The number of alkyl halides is 1. The summed E-state index contributed by atoms with van der Waals surface area (Å²) in [7, 11) is 2.08. The Bertz CT molecular complexity index is 144. The molecule has 1 rings (SSSR count). The number of nitrogens with two attached hydrogens (primary N) is 1. The van der Waals surface area contributed by atoms with Crippen molar-refractivity contribution in [2.45, 2.75) is 37.6 Å². The third-order valence-corrected chi connectivity index (χ3v) is 3.35. The van der Waals surface area contributed by atoms with Crippen molar-refractivity contribution in [2.24, 2.45) is 5.73 Å². The van der Waals surface area contributed by atoms with E-state index in [1.54, 1.807) is 0 Å². The van der Waals surface area contributed by atoms with Crippen LogP contribution in [0, 0.1) is 0 Å². The quantitative estimate of drug-likeness (QED) is 0.709. The highest BCUT2D eigenvalue weighted by atomic mass is 19.1. The molecule has 2 N–H and O–H groups in total. The maximum atomic E-state index is 12.0. The number of hydrogen-bond donors (Lipinski definition) is 1. The van der Waals surface area contributed by atoms with Crippen LogP contribution in [0.5, 0.6) is 0 Å². The van der Waals surface area contributed by atoms with E-state index < -0.39 is 0 Å². The fourth-order valence-corrected chi connectivity index (χ4v) is 2.31. The normalized spacial score (nSPS) is 21.2. The van der Waals surface area contributed by atoms with Gasteiger partial charge in [-0.25, -0.2) is 0 Å². The Morgan fingerprint density at radius 3 is 2.46 bits per heavy atom. The summed E-state index contributed by atoms with van der Waals surface area (Å²) in [5.74, 6) is 0. The molecule has 0 atom stereocenters. The summed E-state index contributed by atoms with van der Waals surface area (Å²) >= 11 is 0. The van der Waals surface area contributed by atoms with E-state index in [0.717, 1.165) is 13.1 Å². The van der Waals surface area contributed by atoms with Crippen LogP contribution in [0.3, 0.4) is 0 Å². The van der Waals surface area contributed by atoms with Crippen LogP contribution in [0.1, 0.15) is 32.1 Å². The molecule has 1 aliphatic rings. The zero-order valence-electron chi connectivity index (χ0n) is 8.56. The van der Waals surface area contributed by atoms with E-state index >= 15 is 0 Å². The summed E-state index contributed by atoms with van der Waals surface area (Å²) < 4.78 is 12.0. The van der Waals surface area contributed by atoms with Gasteiger partial charge >= 0.3 is 0 Å². The molecule has 0 aromatic rings. The Balaban J connectivity index is 2.44. The zero-order chi connectivity index (χ0) is 9.73. The van der Waals surface area contributed by atoms with Crippen molar-refractivity contribution < 1.29 is 4.39 Å². The van der Waals surface area contributed by atoms with E-state index in [4.69, 9.17) is 5.73 Å². The van der Waals surface area contributed by atoms with Gasteiger partial charge in [0.25, 0.3) is 0 Å². The van der Waals surface area contributed by atoms with Gasteiger partial charge in [-0.2, -0.15) is 0 Å². The topological polar surface area (TPSA) is 29.3 Å². The van der Waals surface area contributed by atoms with Gasteiger partial charge in [-0.3, -0.25) is 9.29 Å². The Kier molecular flexibility index (Phi) is 4.13. The number of halogens is 1. The predicted molar refractivity (Wildman–Crippen MR) is 53.5 cm³/mol. The lowest BCUT2D eigenvalue weighted by Gasteiger charge is -2.37. The summed E-state index contributed by atoms with van der Waals surface area (Å²) in [6.45, 7) is 1.34. The summed E-state index contributed by atoms with van der Waals surface area (Å²) in [4.78, 5) is 2.26. The first-order chi connectivity index (χ1) is 6.25. The van der Waals surface area contributed by atoms with Crippen LogP contribution in [0.2, 0.25) is 0 Å². The largest absolute Gasteiger partial charge is 0.329 e. The van der Waals surface area contributed by atoms with Crippen LogP contribution in [-0.4, -0.2) is 37.3 Å². The lowest BCUT2D eigenvalue weighted by molar-refractivity contribution is 0.127. The molecule has 0 aromatic heterocycles. The summed E-state index contributed by atoms with van der Waals surface area (Å²) in [5.41, 5.74) is 6.00. The van der Waals surface area contributed by atoms with Gasteiger partial charge in [0.2, 0.25) is 0 Å². The second kappa shape index (κ2) is 4.91. The number of rotatable bonds is 5. The third kappa shape index (κ3) is 2.41. The molecule has 1 aliphatic carbocycles. The summed E-state index contributed by atoms with van der Waals surface area (Å²) in [6.07, 6.45) is 5.56. The molecule has 0 spiro atoms. The molecule has 0 aliphatic heterocycles. The Labute approximate surface area is 80.3 Å². The molecule has 78 valence electrons. The van der Waals surface area contributed by atoms with E-state index in [1.165, 1.54) is 25.7 Å². The van der Waals surface area contributed by atoms with E-state index in [9.17, 15) is 4.39 Å². The van der Waals surface area contributed by atoms with Crippen molar-refractivity contribution in [3.8, 4) is 0 Å². The smallest absolute Gasteiger partial charge is 0.0906 e. The van der Waals surface area contributed by atoms with Gasteiger partial charge < -0.3 is 5.73 Å². The van der Waals surface area contributed by atoms with Crippen molar-refractivity contribution in [2.75, 3.05) is 26.8 Å². The van der Waals surface area contributed by atoms with Crippen molar-refractivity contribution in [3.63, 3.8) is 0 Å². The van der Waals surface area contributed by atoms with Gasteiger partial charge in [-0.15, -0.1) is 0 Å². The van der Waals surface area contributed by atoms with Gasteiger partial charge in [0, 0.05) is 18.6 Å². The first kappa shape index (κ1) is 10.9. The minimum Gasteiger partial charge on any atom is -0.329 e. The molecule has 1 fully saturated rings. The van der Waals surface area contributed by atoms with Gasteiger partial charge in [0.15, 0.2) is 0 Å². The molecule has 0 radical (unpaired) electrons. The number of nitrogens with zero attached hydrogens (tertiary/aromatic N) is 1. The highest BCUT2D eigenvalue weighted by molar-refractivity contribution is 4.94. The van der Waals surface area contributed by atoms with Gasteiger partial charge in [-0.1, -0.05) is 12.8 Å². The van der Waals surface area contributed by atoms with Crippen molar-refractivity contribution in [1.29, 1.82) is 0 Å². The van der Waals surface area contributed by atoms with E-state index in [1.807, 2.05) is 0 Å². The molecule has 1 saturated carbocycles. The molecule has 0 heterocycles. The minimum atomic E-state index is -0.217. The molecule has 0 aromatic carbocycles.